The summed E-state index contributed by atoms with van der Waals surface area (Å²) in [6, 6.07) is 0.0401. The van der Waals surface area contributed by atoms with Gasteiger partial charge in [-0.25, -0.2) is 4.68 Å². The summed E-state index contributed by atoms with van der Waals surface area (Å²) in [5.74, 6) is -3.08. The largest absolute Gasteiger partial charge is 0.463 e. The van der Waals surface area contributed by atoms with Crippen LogP contribution in [0.2, 0.25) is 0 Å². The molecular formula is C60H86N4O23. The Morgan fingerprint density at radius 1 is 0.678 bits per heavy atom. The summed E-state index contributed by atoms with van der Waals surface area (Å²) in [5.41, 5.74) is 4.59. The van der Waals surface area contributed by atoms with Crippen LogP contribution < -0.4 is 0 Å². The predicted molar refractivity (Wildman–Crippen MR) is 294 cm³/mol. The monoisotopic (exact) mass is 1230 g/mol. The molecular weight excluding hydrogens is 1140 g/mol. The van der Waals surface area contributed by atoms with Crippen molar-refractivity contribution in [3.05, 3.63) is 34.7 Å². The van der Waals surface area contributed by atoms with E-state index in [1.165, 1.54) is 15.8 Å². The smallest absolute Gasteiger partial charge is 0.303 e. The van der Waals surface area contributed by atoms with Gasteiger partial charge in [0.15, 0.2) is 37.1 Å². The highest BCUT2D eigenvalue weighted by Crippen LogP contribution is 2.65. The maximum Gasteiger partial charge on any atom is 0.303 e. The molecule has 1 spiro atoms. The number of aromatic nitrogens is 3. The molecule has 5 aliphatic heterocycles. The zero-order chi connectivity index (χ0) is 62.7. The predicted octanol–water partition coefficient (Wildman–Crippen LogP) is 1.55. The molecule has 0 amide bonds. The lowest BCUT2D eigenvalue weighted by Gasteiger charge is -2.49. The third-order valence-electron chi connectivity index (χ3n) is 20.0. The molecule has 4 aliphatic carbocycles. The first-order valence-electron chi connectivity index (χ1n) is 30.5. The lowest BCUT2D eigenvalue weighted by atomic mass is 9.56. The average Bonchev–Trinajstić information content (AvgIpc) is 1.57. The number of carbonyl (C=O) groups is 6. The van der Waals surface area contributed by atoms with Gasteiger partial charge in [0.25, 0.3) is 0 Å². The van der Waals surface area contributed by atoms with Gasteiger partial charge < -0.3 is 82.4 Å². The number of hydrogen-bond donors (Lipinski definition) is 5. The molecule has 9 aliphatic rings. The number of ether oxygens (including phenoxy) is 12. The summed E-state index contributed by atoms with van der Waals surface area (Å²) in [4.78, 5) is 77.0. The van der Waals surface area contributed by atoms with E-state index in [9.17, 15) is 54.3 Å². The van der Waals surface area contributed by atoms with Crippen LogP contribution in [-0.4, -0.2) is 217 Å². The van der Waals surface area contributed by atoms with Gasteiger partial charge in [0.05, 0.1) is 29.7 Å². The molecule has 27 heteroatoms. The van der Waals surface area contributed by atoms with Crippen LogP contribution >= 0.6 is 0 Å². The van der Waals surface area contributed by atoms with Crippen LogP contribution in [0.4, 0.5) is 0 Å². The normalized spacial score (nSPS) is 42.6. The molecule has 5 saturated heterocycles. The molecule has 0 aromatic carbocycles. The van der Waals surface area contributed by atoms with E-state index in [-0.39, 0.29) is 35.5 Å². The first-order valence-corrected chi connectivity index (χ1v) is 30.5. The average molecular weight is 1230 g/mol. The first-order chi connectivity index (χ1) is 41.2. The molecule has 1 aromatic heterocycles. The van der Waals surface area contributed by atoms with Gasteiger partial charge >= 0.3 is 35.8 Å². The lowest BCUT2D eigenvalue weighted by Crippen LogP contribution is -2.67. The van der Waals surface area contributed by atoms with E-state index in [1.807, 2.05) is 0 Å². The highest BCUT2D eigenvalue weighted by molar-refractivity contribution is 5.68. The molecule has 6 heterocycles. The molecule has 87 heavy (non-hydrogen) atoms. The fourth-order valence-electron chi connectivity index (χ4n) is 16.1. The number of piperidine rings is 1. The van der Waals surface area contributed by atoms with Gasteiger partial charge in [-0.05, 0) is 93.0 Å². The van der Waals surface area contributed by atoms with Gasteiger partial charge in [-0.1, -0.05) is 43.2 Å². The van der Waals surface area contributed by atoms with E-state index < -0.39 is 153 Å². The SMILES string of the molecule is CC(=O)OCC1O[C@@H](O[C@@H]2C(COC(C)=O)O[C@@H](O[C@@H]3C(COC(C)=O)O[C@@H](n4cc(CN5C[C@@H](C)C[C@H]6O[C@]7(CC[C@@H]8C(=C7C)C[C@H]7[C@H]8CC=C8C[C@@H](O)CC[C@@]87C)[C@H](C)[C@@H]65)nn4)[C@@H](OC(C)=O)C3O)[C@@H](OC(C)=O)C2O)[C@@H](OC(C)=O)C(O)[C@@H]1O. The van der Waals surface area contributed by atoms with Crippen molar-refractivity contribution in [2.24, 2.45) is 35.0 Å². The standard InChI is InChI=1S/C60H86N4O23/c1-26-17-42-46(28(3)60(87-42)16-14-38-39-12-11-35-18-37(71)13-15-59(35,10)41(39)19-40(38)27(60)2)63(20-26)21-36-22-64(62-61-36)56-53(79-32(7)68)49(74)51(44(82-56)24-77-30(5)66)85-58-55(81-34(9)70)50(75)52(45(84-58)25-78-31(6)67)86-57-54(80-33(8)69)48(73)47(72)43(83-57)23-76-29(4)65/h11,22,26,28,37-39,41-58,71-75H,12-21,23-25H2,1-10H3/t26-,28+,37-,38-,39-,41-,42+,43?,44?,45?,46-,47+,48?,49?,50?,51+,52+,53-,54-,55-,56+,57-,58-,59-,60-/m0/s1. The molecule has 1 aromatic rings. The molecule has 27 nitrogen and oxygen atoms in total. The van der Waals surface area contributed by atoms with Crippen molar-refractivity contribution in [2.75, 3.05) is 26.4 Å². The summed E-state index contributed by atoms with van der Waals surface area (Å²) in [5, 5.41) is 66.4. The highest BCUT2D eigenvalue weighted by Gasteiger charge is 2.63. The maximum absolute atomic E-state index is 13.0. The number of rotatable bonds is 16. The Morgan fingerprint density at radius 2 is 1.24 bits per heavy atom. The van der Waals surface area contributed by atoms with Crippen molar-refractivity contribution in [1.29, 1.82) is 0 Å². The second-order valence-electron chi connectivity index (χ2n) is 25.8. The third kappa shape index (κ3) is 13.0. The maximum atomic E-state index is 13.0. The Bertz CT molecular complexity index is 2790. The Labute approximate surface area is 504 Å². The van der Waals surface area contributed by atoms with Crippen molar-refractivity contribution in [1.82, 2.24) is 19.9 Å². The fourth-order valence-corrected chi connectivity index (χ4v) is 16.1. The number of fused-ring (bicyclic) bond motifs is 6. The second-order valence-corrected chi connectivity index (χ2v) is 25.8. The number of carbonyl (C=O) groups excluding carboxylic acids is 6. The summed E-state index contributed by atoms with van der Waals surface area (Å²) in [7, 11) is 0. The zero-order valence-electron chi connectivity index (χ0n) is 51.0. The van der Waals surface area contributed by atoms with Gasteiger partial charge in [-0.3, -0.25) is 33.7 Å². The van der Waals surface area contributed by atoms with E-state index >= 15 is 0 Å². The fraction of sp³-hybridized carbons (Fsp3) is 0.800. The summed E-state index contributed by atoms with van der Waals surface area (Å²) in [6.07, 6.45) is -14.9. The third-order valence-corrected chi connectivity index (χ3v) is 20.0. The van der Waals surface area contributed by atoms with Crippen molar-refractivity contribution in [2.45, 2.75) is 243 Å². The molecule has 0 bridgehead atoms. The lowest BCUT2D eigenvalue weighted by molar-refractivity contribution is -0.375. The van der Waals surface area contributed by atoms with Crippen LogP contribution in [0.15, 0.2) is 29.0 Å². The minimum Gasteiger partial charge on any atom is -0.463 e. The molecule has 5 N–H and O–H groups in total. The molecule has 7 fully saturated rings. The van der Waals surface area contributed by atoms with Crippen LogP contribution in [0.25, 0.3) is 0 Å². The van der Waals surface area contributed by atoms with E-state index in [0.29, 0.717) is 30.0 Å². The zero-order valence-corrected chi connectivity index (χ0v) is 51.0. The van der Waals surface area contributed by atoms with Crippen molar-refractivity contribution >= 4 is 35.8 Å². The number of aliphatic hydroxyl groups excluding tert-OH is 5. The number of esters is 6. The molecule has 484 valence electrons. The van der Waals surface area contributed by atoms with Crippen LogP contribution in [0, 0.1) is 35.0 Å². The van der Waals surface area contributed by atoms with Crippen molar-refractivity contribution < 1.29 is 111 Å². The Morgan fingerprint density at radius 3 is 1.85 bits per heavy atom. The van der Waals surface area contributed by atoms with Crippen LogP contribution in [0.3, 0.4) is 0 Å². The van der Waals surface area contributed by atoms with E-state index in [4.69, 9.17) is 56.8 Å². The van der Waals surface area contributed by atoms with Gasteiger partial charge in [0, 0.05) is 66.6 Å². The van der Waals surface area contributed by atoms with Crippen LogP contribution in [0.1, 0.15) is 133 Å². The van der Waals surface area contributed by atoms with Gasteiger partial charge in [-0.2, -0.15) is 0 Å². The van der Waals surface area contributed by atoms with Crippen LogP contribution in [0.5, 0.6) is 0 Å². The van der Waals surface area contributed by atoms with E-state index in [1.54, 1.807) is 11.8 Å². The number of nitrogens with zero attached hydrogens (tertiary/aromatic N) is 4. The first kappa shape index (κ1) is 64.9. The molecule has 25 atom stereocenters. The van der Waals surface area contributed by atoms with Crippen molar-refractivity contribution in [3.63, 3.8) is 0 Å². The number of likely N-dealkylation sites (tertiary alicyclic amines) is 1. The topological polar surface area (TPSA) is 348 Å². The number of hydrogen-bond acceptors (Lipinski definition) is 26. The summed E-state index contributed by atoms with van der Waals surface area (Å²) in [6.45, 7) is 14.9. The molecule has 2 saturated carbocycles. The highest BCUT2D eigenvalue weighted by atomic mass is 16.8. The molecule has 10 rings (SSSR count). The number of allylic oxidation sites excluding steroid dienone is 2. The van der Waals surface area contributed by atoms with E-state index in [2.05, 4.69) is 49.0 Å². The van der Waals surface area contributed by atoms with Crippen molar-refractivity contribution in [3.8, 4) is 0 Å². The number of aliphatic hydroxyl groups is 5. The minimum atomic E-state index is -2.05. The van der Waals surface area contributed by atoms with Gasteiger partial charge in [-0.15, -0.1) is 5.10 Å². The molecule has 6 unspecified atom stereocenters. The van der Waals surface area contributed by atoms with Gasteiger partial charge in [0.2, 0.25) is 0 Å². The minimum absolute atomic E-state index is 0.0401. The van der Waals surface area contributed by atoms with Gasteiger partial charge in [0.1, 0.15) is 74.8 Å². The van der Waals surface area contributed by atoms with E-state index in [0.717, 1.165) is 99.5 Å². The summed E-state index contributed by atoms with van der Waals surface area (Å²) < 4.78 is 72.3. The molecule has 0 radical (unpaired) electrons. The Hall–Kier alpha value is -5.04. The van der Waals surface area contributed by atoms with Crippen LogP contribution in [-0.2, 0) is 92.2 Å². The summed E-state index contributed by atoms with van der Waals surface area (Å²) >= 11 is 0. The Balaban J connectivity index is 0.889. The Kier molecular flexibility index (Phi) is 19.4. The quantitative estimate of drug-likeness (QED) is 0.0890. The second kappa shape index (κ2) is 26.1.